The largest absolute Gasteiger partial charge is 0.313 e. The molecule has 1 saturated carbocycles. The molecule has 9 heavy (non-hydrogen) atoms. The Balaban J connectivity index is 2.08. The van der Waals surface area contributed by atoms with Crippen molar-refractivity contribution in [2.24, 2.45) is 0 Å². The van der Waals surface area contributed by atoms with Crippen LogP contribution in [-0.2, 0) is 0 Å². The Labute approximate surface area is 56.1 Å². The average molecular weight is 123 g/mol. The first-order valence-electron chi connectivity index (χ1n) is 3.87. The van der Waals surface area contributed by atoms with Crippen molar-refractivity contribution in [3.05, 3.63) is 11.1 Å². The third-order valence-electron chi connectivity index (χ3n) is 2.40. The van der Waals surface area contributed by atoms with Gasteiger partial charge in [0.1, 0.15) is 0 Å². The van der Waals surface area contributed by atoms with Crippen molar-refractivity contribution in [1.82, 2.24) is 5.32 Å². The van der Waals surface area contributed by atoms with Gasteiger partial charge < -0.3 is 5.32 Å². The van der Waals surface area contributed by atoms with Crippen molar-refractivity contribution >= 4 is 0 Å². The molecule has 0 atom stereocenters. The maximum atomic E-state index is 3.36. The normalized spacial score (nSPS) is 26.7. The van der Waals surface area contributed by atoms with E-state index in [4.69, 9.17) is 0 Å². The van der Waals surface area contributed by atoms with E-state index >= 15 is 0 Å². The molecule has 1 aliphatic carbocycles. The second-order valence-corrected chi connectivity index (χ2v) is 2.99. The predicted molar refractivity (Wildman–Crippen MR) is 38.4 cm³/mol. The fourth-order valence-electron chi connectivity index (χ4n) is 1.58. The van der Waals surface area contributed by atoms with E-state index in [0.717, 1.165) is 0 Å². The van der Waals surface area contributed by atoms with Crippen LogP contribution < -0.4 is 5.32 Å². The van der Waals surface area contributed by atoms with E-state index < -0.39 is 0 Å². The number of hydrogen-bond donors (Lipinski definition) is 1. The molecule has 1 saturated heterocycles. The predicted octanol–water partition coefficient (Wildman–Crippen LogP) is 1.46. The zero-order valence-electron chi connectivity index (χ0n) is 5.74. The minimum atomic E-state index is 1.19. The van der Waals surface area contributed by atoms with Gasteiger partial charge in [0.25, 0.3) is 0 Å². The molecule has 0 radical (unpaired) electrons. The van der Waals surface area contributed by atoms with Crippen LogP contribution in [0.5, 0.6) is 0 Å². The molecule has 1 nitrogen and oxygen atoms in total. The number of hydrogen-bond acceptors (Lipinski definition) is 1. The summed E-state index contributed by atoms with van der Waals surface area (Å²) in [5.74, 6) is 0. The van der Waals surface area contributed by atoms with E-state index in [2.05, 4.69) is 5.32 Å². The highest BCUT2D eigenvalue weighted by atomic mass is 14.9. The van der Waals surface area contributed by atoms with Crippen LogP contribution in [0.25, 0.3) is 0 Å². The minimum Gasteiger partial charge on any atom is -0.313 e. The van der Waals surface area contributed by atoms with Gasteiger partial charge in [-0.3, -0.25) is 0 Å². The van der Waals surface area contributed by atoms with Gasteiger partial charge in [-0.15, -0.1) is 0 Å². The van der Waals surface area contributed by atoms with Crippen LogP contribution in [0.3, 0.4) is 0 Å². The SMILES string of the molecule is C1CC(=C2CCNC2)C1. The van der Waals surface area contributed by atoms with Gasteiger partial charge in [0.05, 0.1) is 0 Å². The molecule has 0 unspecified atom stereocenters. The van der Waals surface area contributed by atoms with E-state index in [-0.39, 0.29) is 0 Å². The Morgan fingerprint density at radius 1 is 1.00 bits per heavy atom. The Morgan fingerprint density at radius 2 is 1.89 bits per heavy atom. The van der Waals surface area contributed by atoms with Gasteiger partial charge in [-0.25, -0.2) is 0 Å². The summed E-state index contributed by atoms with van der Waals surface area (Å²) >= 11 is 0. The number of rotatable bonds is 0. The molecular formula is C8H13N. The van der Waals surface area contributed by atoms with Crippen LogP contribution in [0.2, 0.25) is 0 Å². The highest BCUT2D eigenvalue weighted by molar-refractivity contribution is 5.23. The molecule has 2 aliphatic rings. The summed E-state index contributed by atoms with van der Waals surface area (Å²) in [5.41, 5.74) is 3.49. The fraction of sp³-hybridized carbons (Fsp3) is 0.750. The van der Waals surface area contributed by atoms with Crippen molar-refractivity contribution in [1.29, 1.82) is 0 Å². The van der Waals surface area contributed by atoms with Gasteiger partial charge in [-0.2, -0.15) is 0 Å². The molecule has 0 aromatic carbocycles. The summed E-state index contributed by atoms with van der Waals surface area (Å²) in [6, 6.07) is 0. The molecule has 2 fully saturated rings. The quantitative estimate of drug-likeness (QED) is 0.481. The molecule has 0 aromatic rings. The molecular weight excluding hydrogens is 110 g/mol. The first-order valence-corrected chi connectivity index (χ1v) is 3.87. The third kappa shape index (κ3) is 0.897. The molecule has 0 amide bonds. The van der Waals surface area contributed by atoms with E-state index in [9.17, 15) is 0 Å². The summed E-state index contributed by atoms with van der Waals surface area (Å²) in [5, 5.41) is 3.36. The minimum absolute atomic E-state index is 1.19. The van der Waals surface area contributed by atoms with Crippen LogP contribution in [0.4, 0.5) is 0 Å². The van der Waals surface area contributed by atoms with Gasteiger partial charge in [-0.1, -0.05) is 11.1 Å². The van der Waals surface area contributed by atoms with E-state index in [1.165, 1.54) is 38.8 Å². The summed E-state index contributed by atoms with van der Waals surface area (Å²) in [4.78, 5) is 0. The van der Waals surface area contributed by atoms with Crippen LogP contribution in [0, 0.1) is 0 Å². The van der Waals surface area contributed by atoms with Crippen LogP contribution in [-0.4, -0.2) is 13.1 Å². The Kier molecular flexibility index (Phi) is 1.31. The lowest BCUT2D eigenvalue weighted by Crippen LogP contribution is -2.07. The van der Waals surface area contributed by atoms with Crippen molar-refractivity contribution in [2.45, 2.75) is 25.7 Å². The van der Waals surface area contributed by atoms with E-state index in [1.807, 2.05) is 0 Å². The summed E-state index contributed by atoms with van der Waals surface area (Å²) in [6.45, 7) is 2.41. The number of nitrogens with one attached hydrogen (secondary N) is 1. The Morgan fingerprint density at radius 3 is 2.33 bits per heavy atom. The third-order valence-corrected chi connectivity index (χ3v) is 2.40. The second-order valence-electron chi connectivity index (χ2n) is 2.99. The molecule has 0 spiro atoms. The zero-order valence-corrected chi connectivity index (χ0v) is 5.74. The van der Waals surface area contributed by atoms with Gasteiger partial charge in [0.2, 0.25) is 0 Å². The van der Waals surface area contributed by atoms with Crippen molar-refractivity contribution in [3.63, 3.8) is 0 Å². The molecule has 1 aliphatic heterocycles. The molecule has 0 aromatic heterocycles. The lowest BCUT2D eigenvalue weighted by atomic mass is 9.88. The molecule has 1 heteroatoms. The van der Waals surface area contributed by atoms with Crippen LogP contribution in [0.15, 0.2) is 11.1 Å². The molecule has 1 N–H and O–H groups in total. The van der Waals surface area contributed by atoms with Crippen LogP contribution >= 0.6 is 0 Å². The zero-order chi connectivity index (χ0) is 6.10. The Hall–Kier alpha value is -0.300. The molecule has 50 valence electrons. The molecule has 1 heterocycles. The lowest BCUT2D eigenvalue weighted by Gasteiger charge is -2.18. The summed E-state index contributed by atoms with van der Waals surface area (Å²) in [7, 11) is 0. The topological polar surface area (TPSA) is 12.0 Å². The Bertz CT molecular complexity index is 133. The fourth-order valence-corrected chi connectivity index (χ4v) is 1.58. The van der Waals surface area contributed by atoms with Gasteiger partial charge >= 0.3 is 0 Å². The second kappa shape index (κ2) is 2.14. The first-order chi connectivity index (χ1) is 4.47. The van der Waals surface area contributed by atoms with Crippen molar-refractivity contribution in [2.75, 3.05) is 13.1 Å². The van der Waals surface area contributed by atoms with E-state index in [0.29, 0.717) is 0 Å². The monoisotopic (exact) mass is 123 g/mol. The van der Waals surface area contributed by atoms with Gasteiger partial charge in [0.15, 0.2) is 0 Å². The smallest absolute Gasteiger partial charge is 0.0167 e. The standard InChI is InChI=1S/C8H13N/c1-2-7(3-1)8-4-5-9-6-8/h9H,1-6H2. The first kappa shape index (κ1) is 5.48. The molecule has 2 rings (SSSR count). The number of allylic oxidation sites excluding steroid dienone is 1. The van der Waals surface area contributed by atoms with Crippen molar-refractivity contribution in [3.8, 4) is 0 Å². The maximum absolute atomic E-state index is 3.36. The van der Waals surface area contributed by atoms with Crippen LogP contribution in [0.1, 0.15) is 25.7 Å². The highest BCUT2D eigenvalue weighted by Crippen LogP contribution is 2.30. The average Bonchev–Trinajstić information content (AvgIpc) is 2.11. The van der Waals surface area contributed by atoms with E-state index in [1.54, 1.807) is 11.1 Å². The summed E-state index contributed by atoms with van der Waals surface area (Å²) < 4.78 is 0. The maximum Gasteiger partial charge on any atom is 0.0167 e. The lowest BCUT2D eigenvalue weighted by molar-refractivity contribution is 0.646. The van der Waals surface area contributed by atoms with Gasteiger partial charge in [-0.05, 0) is 32.2 Å². The van der Waals surface area contributed by atoms with Gasteiger partial charge in [0, 0.05) is 6.54 Å². The molecule has 0 bridgehead atoms. The highest BCUT2D eigenvalue weighted by Gasteiger charge is 2.16. The van der Waals surface area contributed by atoms with Crippen molar-refractivity contribution < 1.29 is 0 Å². The summed E-state index contributed by atoms with van der Waals surface area (Å²) in [6.07, 6.45) is 5.57.